The third-order valence-electron chi connectivity index (χ3n) is 6.14. The molecule has 1 aliphatic carbocycles. The molecule has 0 unspecified atom stereocenters. The summed E-state index contributed by atoms with van der Waals surface area (Å²) in [6.45, 7) is 4.11. The Balaban J connectivity index is 1.52. The lowest BCUT2D eigenvalue weighted by Crippen LogP contribution is -2.53. The van der Waals surface area contributed by atoms with Gasteiger partial charge in [0.1, 0.15) is 6.54 Å². The Kier molecular flexibility index (Phi) is 7.76. The first-order valence-corrected chi connectivity index (χ1v) is 10.7. The molecule has 3 fully saturated rings. The lowest BCUT2D eigenvalue weighted by atomic mass is 10.0. The van der Waals surface area contributed by atoms with E-state index in [4.69, 9.17) is 4.74 Å². The number of ether oxygens (including phenoxy) is 1. The molecule has 0 atom stereocenters. The second-order valence-electron chi connectivity index (χ2n) is 8.38. The average molecular weight is 380 g/mol. The van der Waals surface area contributed by atoms with Gasteiger partial charge in [-0.05, 0) is 38.5 Å². The molecule has 3 aliphatic rings. The maximum atomic E-state index is 12.0. The summed E-state index contributed by atoms with van der Waals surface area (Å²) in [5.74, 6) is 0.815. The van der Waals surface area contributed by atoms with Crippen molar-refractivity contribution < 1.29 is 9.53 Å². The van der Waals surface area contributed by atoms with Crippen LogP contribution in [0.25, 0.3) is 0 Å². The van der Waals surface area contributed by atoms with E-state index in [0.29, 0.717) is 12.1 Å². The lowest BCUT2D eigenvalue weighted by molar-refractivity contribution is -0.127. The highest BCUT2D eigenvalue weighted by Crippen LogP contribution is 2.26. The first-order chi connectivity index (χ1) is 13.1. The third kappa shape index (κ3) is 6.35. The highest BCUT2D eigenvalue weighted by atomic mass is 16.5. The molecule has 1 saturated carbocycles. The van der Waals surface area contributed by atoms with Crippen LogP contribution < -0.4 is 10.6 Å². The predicted molar refractivity (Wildman–Crippen MR) is 108 cm³/mol. The number of nitrogens with zero attached hydrogens (tertiary/aromatic N) is 3. The van der Waals surface area contributed by atoms with Crippen molar-refractivity contribution in [1.82, 2.24) is 20.4 Å². The molecule has 154 valence electrons. The van der Waals surface area contributed by atoms with Gasteiger partial charge in [-0.2, -0.15) is 0 Å². The number of hydrogen-bond acceptors (Lipinski definition) is 4. The number of carbonyl (C=O) groups excluding carboxylic acids is 1. The monoisotopic (exact) mass is 379 g/mol. The quantitative estimate of drug-likeness (QED) is 0.555. The summed E-state index contributed by atoms with van der Waals surface area (Å²) in [7, 11) is 3.55. The number of guanidine groups is 1. The number of nitrogens with one attached hydrogen (secondary N) is 2. The van der Waals surface area contributed by atoms with E-state index in [1.165, 1.54) is 38.8 Å². The largest absolute Gasteiger partial charge is 0.381 e. The van der Waals surface area contributed by atoms with Crippen LogP contribution in [0.4, 0.5) is 0 Å². The molecule has 7 nitrogen and oxygen atoms in total. The van der Waals surface area contributed by atoms with Crippen molar-refractivity contribution in [2.24, 2.45) is 4.99 Å². The molecule has 3 rings (SSSR count). The minimum atomic E-state index is 0.0270. The maximum absolute atomic E-state index is 12.0. The number of likely N-dealkylation sites (N-methyl/N-ethyl adjacent to an activating group) is 1. The molecular formula is C20H37N5O2. The first-order valence-electron chi connectivity index (χ1n) is 10.7. The van der Waals surface area contributed by atoms with Crippen LogP contribution >= 0.6 is 0 Å². The molecule has 1 amide bonds. The van der Waals surface area contributed by atoms with Crippen LogP contribution in [0.2, 0.25) is 0 Å². The summed E-state index contributed by atoms with van der Waals surface area (Å²) in [6, 6.07) is 1.62. The summed E-state index contributed by atoms with van der Waals surface area (Å²) in [5.41, 5.74) is 0. The van der Waals surface area contributed by atoms with E-state index in [2.05, 4.69) is 20.5 Å². The maximum Gasteiger partial charge on any atom is 0.243 e. The number of aliphatic imine (C=N–C) groups is 1. The van der Waals surface area contributed by atoms with Gasteiger partial charge < -0.3 is 25.2 Å². The second kappa shape index (κ2) is 10.3. The number of piperidine rings is 1. The zero-order valence-corrected chi connectivity index (χ0v) is 17.1. The Bertz CT molecular complexity index is 491. The number of rotatable bonds is 5. The smallest absolute Gasteiger partial charge is 0.243 e. The highest BCUT2D eigenvalue weighted by Gasteiger charge is 2.27. The molecule has 2 heterocycles. The molecule has 0 radical (unpaired) electrons. The van der Waals surface area contributed by atoms with Gasteiger partial charge in [0, 0.05) is 58.5 Å². The van der Waals surface area contributed by atoms with E-state index in [-0.39, 0.29) is 12.5 Å². The van der Waals surface area contributed by atoms with E-state index in [1.807, 2.05) is 0 Å². The van der Waals surface area contributed by atoms with E-state index in [9.17, 15) is 4.79 Å². The molecule has 0 bridgehead atoms. The first kappa shape index (κ1) is 20.4. The van der Waals surface area contributed by atoms with Crippen LogP contribution in [0.5, 0.6) is 0 Å². The summed E-state index contributed by atoms with van der Waals surface area (Å²) in [6.07, 6.45) is 9.82. The van der Waals surface area contributed by atoms with Crippen molar-refractivity contribution >= 4 is 11.9 Å². The standard InChI is InChI=1S/C20H37N5O2/c1-24(2)19(26)15-21-20(23-17-9-13-27-14-10-17)22-16-7-11-25(12-8-16)18-5-3-4-6-18/h16-18H,3-15H2,1-2H3,(H2,21,22,23). The zero-order valence-electron chi connectivity index (χ0n) is 17.1. The van der Waals surface area contributed by atoms with Crippen molar-refractivity contribution in [2.75, 3.05) is 46.9 Å². The molecule has 27 heavy (non-hydrogen) atoms. The van der Waals surface area contributed by atoms with Crippen LogP contribution in [-0.2, 0) is 9.53 Å². The van der Waals surface area contributed by atoms with Gasteiger partial charge >= 0.3 is 0 Å². The van der Waals surface area contributed by atoms with Crippen molar-refractivity contribution in [2.45, 2.75) is 69.5 Å². The number of carbonyl (C=O) groups is 1. The minimum absolute atomic E-state index is 0.0270. The zero-order chi connectivity index (χ0) is 19.1. The summed E-state index contributed by atoms with van der Waals surface area (Å²) < 4.78 is 5.45. The van der Waals surface area contributed by atoms with Crippen LogP contribution in [0.15, 0.2) is 4.99 Å². The van der Waals surface area contributed by atoms with Crippen molar-refractivity contribution in [3.63, 3.8) is 0 Å². The van der Waals surface area contributed by atoms with Crippen LogP contribution in [0.1, 0.15) is 51.4 Å². The average Bonchev–Trinajstić information content (AvgIpc) is 3.22. The Hall–Kier alpha value is -1.34. The van der Waals surface area contributed by atoms with Crippen LogP contribution in [0.3, 0.4) is 0 Å². The van der Waals surface area contributed by atoms with Gasteiger partial charge in [-0.1, -0.05) is 12.8 Å². The number of likely N-dealkylation sites (tertiary alicyclic amines) is 1. The second-order valence-corrected chi connectivity index (χ2v) is 8.38. The van der Waals surface area contributed by atoms with E-state index in [0.717, 1.165) is 50.9 Å². The van der Waals surface area contributed by atoms with Gasteiger partial charge in [0.15, 0.2) is 5.96 Å². The fourth-order valence-electron chi connectivity index (χ4n) is 4.33. The van der Waals surface area contributed by atoms with Crippen LogP contribution in [0, 0.1) is 0 Å². The van der Waals surface area contributed by atoms with Gasteiger partial charge in [-0.25, -0.2) is 4.99 Å². The van der Waals surface area contributed by atoms with E-state index < -0.39 is 0 Å². The van der Waals surface area contributed by atoms with Crippen molar-refractivity contribution in [3.8, 4) is 0 Å². The fraction of sp³-hybridized carbons (Fsp3) is 0.900. The predicted octanol–water partition coefficient (Wildman–Crippen LogP) is 1.20. The van der Waals surface area contributed by atoms with Crippen molar-refractivity contribution in [1.29, 1.82) is 0 Å². The highest BCUT2D eigenvalue weighted by molar-refractivity contribution is 5.85. The molecule has 2 saturated heterocycles. The van der Waals surface area contributed by atoms with E-state index >= 15 is 0 Å². The Morgan fingerprint density at radius 2 is 1.59 bits per heavy atom. The topological polar surface area (TPSA) is 69.2 Å². The fourth-order valence-corrected chi connectivity index (χ4v) is 4.33. The number of hydrogen-bond donors (Lipinski definition) is 2. The molecule has 0 aromatic rings. The minimum Gasteiger partial charge on any atom is -0.381 e. The number of amides is 1. The Morgan fingerprint density at radius 1 is 1.00 bits per heavy atom. The third-order valence-corrected chi connectivity index (χ3v) is 6.14. The van der Waals surface area contributed by atoms with Gasteiger partial charge in [0.25, 0.3) is 0 Å². The molecule has 0 aromatic carbocycles. The van der Waals surface area contributed by atoms with Gasteiger partial charge in [-0.15, -0.1) is 0 Å². The molecule has 2 N–H and O–H groups in total. The summed E-state index contributed by atoms with van der Waals surface area (Å²) in [4.78, 5) is 20.8. The summed E-state index contributed by atoms with van der Waals surface area (Å²) >= 11 is 0. The molecule has 0 aromatic heterocycles. The van der Waals surface area contributed by atoms with Crippen molar-refractivity contribution in [3.05, 3.63) is 0 Å². The molecule has 0 spiro atoms. The van der Waals surface area contributed by atoms with Gasteiger partial charge in [-0.3, -0.25) is 4.79 Å². The molecular weight excluding hydrogens is 342 g/mol. The normalized spacial score (nSPS) is 24.1. The lowest BCUT2D eigenvalue weighted by Gasteiger charge is -2.37. The Morgan fingerprint density at radius 3 is 2.19 bits per heavy atom. The molecule has 2 aliphatic heterocycles. The summed E-state index contributed by atoms with van der Waals surface area (Å²) in [5, 5.41) is 7.15. The SMILES string of the molecule is CN(C)C(=O)CN=C(NC1CCOCC1)NC1CCN(C2CCCC2)CC1. The molecule has 7 heteroatoms. The van der Waals surface area contributed by atoms with E-state index in [1.54, 1.807) is 19.0 Å². The van der Waals surface area contributed by atoms with Gasteiger partial charge in [0.05, 0.1) is 0 Å². The van der Waals surface area contributed by atoms with Gasteiger partial charge in [0.2, 0.25) is 5.91 Å². The van der Waals surface area contributed by atoms with Crippen LogP contribution in [-0.4, -0.2) is 86.7 Å². The Labute approximate surface area is 163 Å².